The summed E-state index contributed by atoms with van der Waals surface area (Å²) in [7, 11) is 0. The molecular formula is C13H15NO2. The fraction of sp³-hybridized carbons (Fsp3) is 0.462. The molecule has 3 rings (SSSR count). The predicted molar refractivity (Wildman–Crippen MR) is 60.3 cm³/mol. The average Bonchev–Trinajstić information content (AvgIpc) is 2.90. The molecule has 1 aliphatic heterocycles. The number of amides is 1. The smallest absolute Gasteiger partial charge is 0.257 e. The topological polar surface area (TPSA) is 40.5 Å². The first-order valence-electron chi connectivity index (χ1n) is 5.84. The molecule has 1 aromatic carbocycles. The number of nitrogens with zero attached hydrogens (tertiary/aromatic N) is 1. The molecule has 3 heteroatoms. The summed E-state index contributed by atoms with van der Waals surface area (Å²) >= 11 is 0. The molecular weight excluding hydrogens is 202 g/mol. The number of carbonyl (C=O) groups excluding carboxylic acids is 1. The van der Waals surface area contributed by atoms with Gasteiger partial charge in [-0.05, 0) is 37.3 Å². The van der Waals surface area contributed by atoms with E-state index in [1.165, 1.54) is 6.42 Å². The van der Waals surface area contributed by atoms with Crippen molar-refractivity contribution in [2.24, 2.45) is 5.92 Å². The molecule has 2 aliphatic rings. The van der Waals surface area contributed by atoms with Gasteiger partial charge >= 0.3 is 0 Å². The van der Waals surface area contributed by atoms with Gasteiger partial charge in [-0.15, -0.1) is 0 Å². The first kappa shape index (κ1) is 9.70. The number of carbonyl (C=O) groups is 1. The van der Waals surface area contributed by atoms with Crippen molar-refractivity contribution in [3.63, 3.8) is 0 Å². The van der Waals surface area contributed by atoms with E-state index < -0.39 is 0 Å². The molecule has 2 fully saturated rings. The Kier molecular flexibility index (Phi) is 2.13. The third-order valence-electron chi connectivity index (χ3n) is 3.80. The highest BCUT2D eigenvalue weighted by molar-refractivity contribution is 5.97. The van der Waals surface area contributed by atoms with Crippen LogP contribution in [0.3, 0.4) is 0 Å². The van der Waals surface area contributed by atoms with Crippen LogP contribution in [-0.2, 0) is 0 Å². The van der Waals surface area contributed by atoms with Crippen molar-refractivity contribution in [1.29, 1.82) is 0 Å². The van der Waals surface area contributed by atoms with Crippen LogP contribution in [0.4, 0.5) is 0 Å². The summed E-state index contributed by atoms with van der Waals surface area (Å²) in [5.41, 5.74) is 0.440. The lowest BCUT2D eigenvalue weighted by Gasteiger charge is -2.27. The van der Waals surface area contributed by atoms with Crippen molar-refractivity contribution in [3.8, 4) is 5.75 Å². The summed E-state index contributed by atoms with van der Waals surface area (Å²) in [4.78, 5) is 14.2. The largest absolute Gasteiger partial charge is 0.507 e. The van der Waals surface area contributed by atoms with Crippen molar-refractivity contribution >= 4 is 5.91 Å². The summed E-state index contributed by atoms with van der Waals surface area (Å²) in [6.07, 6.45) is 3.54. The van der Waals surface area contributed by atoms with Crippen LogP contribution in [0.2, 0.25) is 0 Å². The number of fused-ring (bicyclic) bond motifs is 2. The molecule has 2 atom stereocenters. The fourth-order valence-corrected chi connectivity index (χ4v) is 2.98. The van der Waals surface area contributed by atoms with Crippen molar-refractivity contribution in [3.05, 3.63) is 29.8 Å². The molecule has 3 nitrogen and oxygen atoms in total. The minimum absolute atomic E-state index is 0.00898. The molecule has 2 bridgehead atoms. The van der Waals surface area contributed by atoms with Crippen molar-refractivity contribution in [2.45, 2.75) is 25.3 Å². The van der Waals surface area contributed by atoms with Crippen LogP contribution in [-0.4, -0.2) is 28.5 Å². The first-order chi connectivity index (χ1) is 7.75. The molecule has 0 aromatic heterocycles. The van der Waals surface area contributed by atoms with Gasteiger partial charge in [0.2, 0.25) is 0 Å². The van der Waals surface area contributed by atoms with Gasteiger partial charge in [0.05, 0.1) is 5.56 Å². The summed E-state index contributed by atoms with van der Waals surface area (Å²) in [5.74, 6) is 0.778. The lowest BCUT2D eigenvalue weighted by atomic mass is 10.1. The number of hydrogen-bond acceptors (Lipinski definition) is 2. The standard InChI is InChI=1S/C13H15NO2/c15-12-4-2-1-3-11(12)13(16)14-8-9-5-6-10(14)7-9/h1-4,9-10,15H,5-8H2. The monoisotopic (exact) mass is 217 g/mol. The maximum absolute atomic E-state index is 12.2. The summed E-state index contributed by atoms with van der Waals surface area (Å²) in [5, 5.41) is 9.66. The van der Waals surface area contributed by atoms with Gasteiger partial charge < -0.3 is 10.0 Å². The Hall–Kier alpha value is -1.51. The van der Waals surface area contributed by atoms with Crippen LogP contribution in [0.1, 0.15) is 29.6 Å². The highest BCUT2D eigenvalue weighted by Gasteiger charge is 2.40. The molecule has 16 heavy (non-hydrogen) atoms. The Bertz CT molecular complexity index is 430. The molecule has 1 heterocycles. The Morgan fingerprint density at radius 3 is 2.75 bits per heavy atom. The third-order valence-corrected chi connectivity index (χ3v) is 3.80. The number of aromatic hydroxyl groups is 1. The third kappa shape index (κ3) is 1.39. The molecule has 2 unspecified atom stereocenters. The van der Waals surface area contributed by atoms with Crippen LogP contribution in [0, 0.1) is 5.92 Å². The van der Waals surface area contributed by atoms with E-state index in [-0.39, 0.29) is 11.7 Å². The quantitative estimate of drug-likeness (QED) is 0.781. The number of likely N-dealkylation sites (tertiary alicyclic amines) is 1. The molecule has 1 N–H and O–H groups in total. The number of phenolic OH excluding ortho intramolecular Hbond substituents is 1. The second kappa shape index (κ2) is 3.51. The minimum Gasteiger partial charge on any atom is -0.507 e. The van der Waals surface area contributed by atoms with Gasteiger partial charge in [0.15, 0.2) is 0 Å². The van der Waals surface area contributed by atoms with Crippen molar-refractivity contribution in [2.75, 3.05) is 6.54 Å². The number of piperidine rings is 1. The van der Waals surface area contributed by atoms with Gasteiger partial charge in [0.1, 0.15) is 5.75 Å². The summed E-state index contributed by atoms with van der Waals surface area (Å²) < 4.78 is 0. The highest BCUT2D eigenvalue weighted by Crippen LogP contribution is 2.38. The normalized spacial score (nSPS) is 27.4. The fourth-order valence-electron chi connectivity index (χ4n) is 2.98. The minimum atomic E-state index is -0.00898. The predicted octanol–water partition coefficient (Wildman–Crippen LogP) is 2.02. The van der Waals surface area contributed by atoms with Crippen LogP contribution in [0.5, 0.6) is 5.75 Å². The van der Waals surface area contributed by atoms with Gasteiger partial charge in [-0.25, -0.2) is 0 Å². The highest BCUT2D eigenvalue weighted by atomic mass is 16.3. The van der Waals surface area contributed by atoms with E-state index in [0.717, 1.165) is 19.4 Å². The average molecular weight is 217 g/mol. The molecule has 1 amide bonds. The number of hydrogen-bond donors (Lipinski definition) is 1. The number of benzene rings is 1. The van der Waals surface area contributed by atoms with Gasteiger partial charge in [0.25, 0.3) is 5.91 Å². The van der Waals surface area contributed by atoms with Crippen LogP contribution in [0.15, 0.2) is 24.3 Å². The van der Waals surface area contributed by atoms with Gasteiger partial charge in [-0.2, -0.15) is 0 Å². The van der Waals surface area contributed by atoms with Crippen LogP contribution < -0.4 is 0 Å². The van der Waals surface area contributed by atoms with Crippen molar-refractivity contribution in [1.82, 2.24) is 4.90 Å². The zero-order chi connectivity index (χ0) is 11.1. The second-order valence-corrected chi connectivity index (χ2v) is 4.81. The molecule has 84 valence electrons. The molecule has 1 aliphatic carbocycles. The van der Waals surface area contributed by atoms with E-state index in [1.54, 1.807) is 24.3 Å². The number of para-hydroxylation sites is 1. The van der Waals surface area contributed by atoms with E-state index >= 15 is 0 Å². The van der Waals surface area contributed by atoms with Crippen molar-refractivity contribution < 1.29 is 9.90 Å². The van der Waals surface area contributed by atoms with E-state index in [0.29, 0.717) is 17.5 Å². The zero-order valence-corrected chi connectivity index (χ0v) is 9.10. The zero-order valence-electron chi connectivity index (χ0n) is 9.10. The molecule has 1 saturated carbocycles. The second-order valence-electron chi connectivity index (χ2n) is 4.81. The van der Waals surface area contributed by atoms with Gasteiger partial charge in [-0.1, -0.05) is 12.1 Å². The maximum atomic E-state index is 12.2. The van der Waals surface area contributed by atoms with Crippen LogP contribution >= 0.6 is 0 Å². The van der Waals surface area contributed by atoms with Crippen LogP contribution in [0.25, 0.3) is 0 Å². The summed E-state index contributed by atoms with van der Waals surface area (Å²) in [6.45, 7) is 0.873. The SMILES string of the molecule is O=C(c1ccccc1O)N1CC2CCC1C2. The Morgan fingerprint density at radius 1 is 1.31 bits per heavy atom. The Labute approximate surface area is 94.7 Å². The molecule has 1 aromatic rings. The van der Waals surface area contributed by atoms with E-state index in [4.69, 9.17) is 0 Å². The summed E-state index contributed by atoms with van der Waals surface area (Å²) in [6, 6.07) is 7.21. The van der Waals surface area contributed by atoms with E-state index in [2.05, 4.69) is 0 Å². The van der Waals surface area contributed by atoms with E-state index in [1.807, 2.05) is 4.90 Å². The van der Waals surface area contributed by atoms with E-state index in [9.17, 15) is 9.90 Å². The lowest BCUT2D eigenvalue weighted by molar-refractivity contribution is 0.0700. The molecule has 1 saturated heterocycles. The van der Waals surface area contributed by atoms with Gasteiger partial charge in [-0.3, -0.25) is 4.79 Å². The van der Waals surface area contributed by atoms with Gasteiger partial charge in [0, 0.05) is 12.6 Å². The number of rotatable bonds is 1. The Balaban J connectivity index is 1.86. The molecule has 0 spiro atoms. The molecule has 0 radical (unpaired) electrons. The lowest BCUT2D eigenvalue weighted by Crippen LogP contribution is -2.37. The maximum Gasteiger partial charge on any atom is 0.257 e. The number of phenols is 1. The first-order valence-corrected chi connectivity index (χ1v) is 5.84. The Morgan fingerprint density at radius 2 is 2.12 bits per heavy atom.